The lowest BCUT2D eigenvalue weighted by Crippen LogP contribution is -2.29. The zero-order chi connectivity index (χ0) is 13.9. The van der Waals surface area contributed by atoms with Crippen molar-refractivity contribution in [1.29, 1.82) is 0 Å². The van der Waals surface area contributed by atoms with Crippen LogP contribution in [-0.2, 0) is 11.3 Å². The van der Waals surface area contributed by atoms with Gasteiger partial charge in [0, 0.05) is 13.1 Å². The molecular weight excluding hydrogens is 240 g/mol. The molecule has 0 aliphatic rings. The topological polar surface area (TPSA) is 64.3 Å². The van der Waals surface area contributed by atoms with Gasteiger partial charge in [0.2, 0.25) is 0 Å². The Bertz CT molecular complexity index is 363. The summed E-state index contributed by atoms with van der Waals surface area (Å²) in [5.74, 6) is 0.623. The van der Waals surface area contributed by atoms with Crippen LogP contribution in [0.15, 0.2) is 24.3 Å². The molecule has 0 atom stereocenters. The van der Waals surface area contributed by atoms with Gasteiger partial charge in [-0.2, -0.15) is 0 Å². The number of hydrogen-bond donors (Lipinski definition) is 2. The molecule has 0 bridgehead atoms. The van der Waals surface area contributed by atoms with Gasteiger partial charge in [0.25, 0.3) is 5.91 Å². The Balaban J connectivity index is 2.15. The van der Waals surface area contributed by atoms with Crippen molar-refractivity contribution in [1.82, 2.24) is 5.32 Å². The van der Waals surface area contributed by atoms with Crippen molar-refractivity contribution in [3.8, 4) is 5.75 Å². The summed E-state index contributed by atoms with van der Waals surface area (Å²) < 4.78 is 5.39. The van der Waals surface area contributed by atoms with E-state index in [9.17, 15) is 4.79 Å². The minimum atomic E-state index is -0.0700. The average molecular weight is 264 g/mol. The lowest BCUT2D eigenvalue weighted by atomic mass is 10.2. The van der Waals surface area contributed by atoms with Crippen molar-refractivity contribution in [2.24, 2.45) is 5.73 Å². The molecule has 106 valence electrons. The molecule has 0 radical (unpaired) electrons. The zero-order valence-corrected chi connectivity index (χ0v) is 11.7. The molecule has 0 unspecified atom stereocenters. The Hall–Kier alpha value is -1.55. The van der Waals surface area contributed by atoms with E-state index in [1.165, 1.54) is 12.8 Å². The molecule has 0 fully saturated rings. The fraction of sp³-hybridized carbons (Fsp3) is 0.533. The maximum atomic E-state index is 11.5. The summed E-state index contributed by atoms with van der Waals surface area (Å²) in [6.45, 7) is 3.48. The molecule has 1 aromatic rings. The van der Waals surface area contributed by atoms with Crippen LogP contribution in [0.25, 0.3) is 0 Å². The van der Waals surface area contributed by atoms with E-state index in [0.29, 0.717) is 12.3 Å². The molecule has 0 heterocycles. The lowest BCUT2D eigenvalue weighted by molar-refractivity contribution is -0.123. The summed E-state index contributed by atoms with van der Waals surface area (Å²) in [6, 6.07) is 7.46. The normalized spacial score (nSPS) is 10.2. The highest BCUT2D eigenvalue weighted by molar-refractivity contribution is 5.77. The number of hydrogen-bond acceptors (Lipinski definition) is 3. The van der Waals surface area contributed by atoms with Crippen LogP contribution in [0.2, 0.25) is 0 Å². The predicted molar refractivity (Wildman–Crippen MR) is 77.0 cm³/mol. The second kappa shape index (κ2) is 9.39. The van der Waals surface area contributed by atoms with E-state index in [2.05, 4.69) is 12.2 Å². The van der Waals surface area contributed by atoms with Gasteiger partial charge in [-0.15, -0.1) is 0 Å². The summed E-state index contributed by atoms with van der Waals surface area (Å²) >= 11 is 0. The van der Waals surface area contributed by atoms with Crippen molar-refractivity contribution in [3.05, 3.63) is 29.8 Å². The van der Waals surface area contributed by atoms with Gasteiger partial charge < -0.3 is 15.8 Å². The van der Waals surface area contributed by atoms with Crippen molar-refractivity contribution in [2.75, 3.05) is 13.2 Å². The van der Waals surface area contributed by atoms with Crippen LogP contribution in [0.4, 0.5) is 0 Å². The Morgan fingerprint density at radius 3 is 2.58 bits per heavy atom. The number of carbonyl (C=O) groups is 1. The summed E-state index contributed by atoms with van der Waals surface area (Å²) in [4.78, 5) is 11.5. The number of rotatable bonds is 9. The predicted octanol–water partition coefficient (Wildman–Crippen LogP) is 2.22. The first-order valence-electron chi connectivity index (χ1n) is 6.94. The van der Waals surface area contributed by atoms with Crippen LogP contribution < -0.4 is 15.8 Å². The number of amides is 1. The third-order valence-corrected chi connectivity index (χ3v) is 2.88. The Morgan fingerprint density at radius 2 is 1.95 bits per heavy atom. The molecule has 19 heavy (non-hydrogen) atoms. The number of ether oxygens (including phenoxy) is 1. The van der Waals surface area contributed by atoms with E-state index < -0.39 is 0 Å². The maximum absolute atomic E-state index is 11.5. The molecule has 4 nitrogen and oxygen atoms in total. The van der Waals surface area contributed by atoms with Gasteiger partial charge in [-0.05, 0) is 24.1 Å². The minimum absolute atomic E-state index is 0.0652. The van der Waals surface area contributed by atoms with Crippen molar-refractivity contribution < 1.29 is 9.53 Å². The summed E-state index contributed by atoms with van der Waals surface area (Å²) in [6.07, 6.45) is 4.62. The monoisotopic (exact) mass is 264 g/mol. The average Bonchev–Trinajstić information content (AvgIpc) is 2.45. The van der Waals surface area contributed by atoms with Gasteiger partial charge >= 0.3 is 0 Å². The highest BCUT2D eigenvalue weighted by atomic mass is 16.5. The number of unbranched alkanes of at least 4 members (excludes halogenated alkanes) is 3. The van der Waals surface area contributed by atoms with E-state index in [1.807, 2.05) is 24.3 Å². The maximum Gasteiger partial charge on any atom is 0.257 e. The summed E-state index contributed by atoms with van der Waals surface area (Å²) in [5.41, 5.74) is 6.56. The lowest BCUT2D eigenvalue weighted by Gasteiger charge is -2.07. The second-order valence-corrected chi connectivity index (χ2v) is 4.55. The Kier molecular flexibility index (Phi) is 7.66. The highest BCUT2D eigenvalue weighted by Crippen LogP contribution is 2.11. The first kappa shape index (κ1) is 15.5. The fourth-order valence-electron chi connectivity index (χ4n) is 1.70. The van der Waals surface area contributed by atoms with Crippen LogP contribution in [0.5, 0.6) is 5.75 Å². The van der Waals surface area contributed by atoms with Crippen molar-refractivity contribution >= 4 is 5.91 Å². The largest absolute Gasteiger partial charge is 0.484 e. The standard InChI is InChI=1S/C15H24N2O2/c1-2-3-4-5-10-17-15(18)12-19-14-8-6-13(11-16)7-9-14/h6-9H,2-5,10-12,16H2,1H3,(H,17,18). The van der Waals surface area contributed by atoms with E-state index in [1.54, 1.807) is 0 Å². The van der Waals surface area contributed by atoms with Crippen molar-refractivity contribution in [2.45, 2.75) is 39.2 Å². The molecule has 1 aromatic carbocycles. The second-order valence-electron chi connectivity index (χ2n) is 4.55. The van der Waals surface area contributed by atoms with Gasteiger partial charge in [0.1, 0.15) is 5.75 Å². The van der Waals surface area contributed by atoms with Gasteiger partial charge in [0.15, 0.2) is 6.61 Å². The molecule has 0 spiro atoms. The van der Waals surface area contributed by atoms with Gasteiger partial charge in [-0.25, -0.2) is 0 Å². The highest BCUT2D eigenvalue weighted by Gasteiger charge is 2.02. The third kappa shape index (κ3) is 6.82. The first-order chi connectivity index (χ1) is 9.26. The zero-order valence-electron chi connectivity index (χ0n) is 11.7. The molecule has 1 rings (SSSR count). The molecular formula is C15H24N2O2. The minimum Gasteiger partial charge on any atom is -0.484 e. The Morgan fingerprint density at radius 1 is 1.21 bits per heavy atom. The third-order valence-electron chi connectivity index (χ3n) is 2.88. The smallest absolute Gasteiger partial charge is 0.257 e. The van der Waals surface area contributed by atoms with Crippen LogP contribution in [0.3, 0.4) is 0 Å². The van der Waals surface area contributed by atoms with E-state index in [4.69, 9.17) is 10.5 Å². The molecule has 0 saturated heterocycles. The van der Waals surface area contributed by atoms with Crippen LogP contribution in [0.1, 0.15) is 38.2 Å². The molecule has 0 aliphatic heterocycles. The number of carbonyl (C=O) groups excluding carboxylic acids is 1. The molecule has 4 heteroatoms. The quantitative estimate of drug-likeness (QED) is 0.672. The summed E-state index contributed by atoms with van der Waals surface area (Å²) in [5, 5.41) is 2.85. The molecule has 0 saturated carbocycles. The van der Waals surface area contributed by atoms with Crippen LogP contribution >= 0.6 is 0 Å². The fourth-order valence-corrected chi connectivity index (χ4v) is 1.70. The van der Waals surface area contributed by atoms with Gasteiger partial charge in [-0.3, -0.25) is 4.79 Å². The number of nitrogens with one attached hydrogen (secondary N) is 1. The SMILES string of the molecule is CCCCCCNC(=O)COc1ccc(CN)cc1. The van der Waals surface area contributed by atoms with Gasteiger partial charge in [0.05, 0.1) is 0 Å². The Labute approximate surface area is 115 Å². The van der Waals surface area contributed by atoms with Gasteiger partial charge in [-0.1, -0.05) is 38.3 Å². The van der Waals surface area contributed by atoms with E-state index in [0.717, 1.165) is 24.9 Å². The molecule has 3 N–H and O–H groups in total. The van der Waals surface area contributed by atoms with E-state index >= 15 is 0 Å². The van der Waals surface area contributed by atoms with Crippen molar-refractivity contribution in [3.63, 3.8) is 0 Å². The first-order valence-corrected chi connectivity index (χ1v) is 6.94. The molecule has 0 aliphatic carbocycles. The summed E-state index contributed by atoms with van der Waals surface area (Å²) in [7, 11) is 0. The van der Waals surface area contributed by atoms with Crippen LogP contribution in [-0.4, -0.2) is 19.1 Å². The van der Waals surface area contributed by atoms with Crippen LogP contribution in [0, 0.1) is 0 Å². The number of nitrogens with two attached hydrogens (primary N) is 1. The van der Waals surface area contributed by atoms with E-state index in [-0.39, 0.29) is 12.5 Å². The molecule has 1 amide bonds. The molecule has 0 aromatic heterocycles. The number of benzene rings is 1.